The number of hydrogen-bond donors (Lipinski definition) is 1. The summed E-state index contributed by atoms with van der Waals surface area (Å²) in [7, 11) is 0. The van der Waals surface area contributed by atoms with Crippen molar-refractivity contribution in [3.05, 3.63) is 59.0 Å². The van der Waals surface area contributed by atoms with Crippen LogP contribution in [0.5, 0.6) is 0 Å². The van der Waals surface area contributed by atoms with E-state index in [-0.39, 0.29) is 12.3 Å². The minimum Gasteiger partial charge on any atom is -0.464 e. The number of nitrogens with zero attached hydrogens (tertiary/aromatic N) is 1. The SMILES string of the molecule is Cc1ccc(NC(=O)Cc2coc3cc(C)c(C(C)C)cc23)nc1. The Morgan fingerprint density at radius 3 is 2.71 bits per heavy atom. The molecule has 2 heterocycles. The number of furan rings is 1. The van der Waals surface area contributed by atoms with Gasteiger partial charge in [0.15, 0.2) is 0 Å². The molecule has 3 aromatic rings. The first-order chi connectivity index (χ1) is 11.4. The summed E-state index contributed by atoms with van der Waals surface area (Å²) in [6, 6.07) is 7.92. The Hall–Kier alpha value is -2.62. The van der Waals surface area contributed by atoms with E-state index in [9.17, 15) is 4.79 Å². The van der Waals surface area contributed by atoms with Crippen molar-refractivity contribution in [2.24, 2.45) is 0 Å². The number of pyridine rings is 1. The topological polar surface area (TPSA) is 55.1 Å². The van der Waals surface area contributed by atoms with Crippen molar-refractivity contribution in [3.63, 3.8) is 0 Å². The number of aromatic nitrogens is 1. The molecule has 4 heteroatoms. The van der Waals surface area contributed by atoms with E-state index in [0.29, 0.717) is 11.7 Å². The van der Waals surface area contributed by atoms with E-state index in [2.05, 4.69) is 37.1 Å². The lowest BCUT2D eigenvalue weighted by molar-refractivity contribution is -0.115. The van der Waals surface area contributed by atoms with Crippen LogP contribution in [0.15, 0.2) is 41.1 Å². The third kappa shape index (κ3) is 3.32. The number of anilines is 1. The first-order valence-corrected chi connectivity index (χ1v) is 8.17. The van der Waals surface area contributed by atoms with E-state index in [4.69, 9.17) is 4.42 Å². The Balaban J connectivity index is 1.83. The number of amides is 1. The minimum atomic E-state index is -0.0966. The Labute approximate surface area is 141 Å². The molecule has 124 valence electrons. The van der Waals surface area contributed by atoms with E-state index in [1.54, 1.807) is 18.5 Å². The standard InChI is InChI=1S/C20H22N2O2/c1-12(2)16-9-17-15(11-24-18(17)7-14(16)4)8-20(23)22-19-6-5-13(3)10-21-19/h5-7,9-12H,8H2,1-4H3,(H,21,22,23). The fourth-order valence-electron chi connectivity index (χ4n) is 2.91. The summed E-state index contributed by atoms with van der Waals surface area (Å²) >= 11 is 0. The molecular weight excluding hydrogens is 300 g/mol. The van der Waals surface area contributed by atoms with Gasteiger partial charge < -0.3 is 9.73 Å². The van der Waals surface area contributed by atoms with Crippen molar-refractivity contribution >= 4 is 22.7 Å². The molecule has 3 rings (SSSR count). The largest absolute Gasteiger partial charge is 0.464 e. The summed E-state index contributed by atoms with van der Waals surface area (Å²) in [4.78, 5) is 16.5. The fourth-order valence-corrected chi connectivity index (χ4v) is 2.91. The summed E-state index contributed by atoms with van der Waals surface area (Å²) in [5.41, 5.74) is 5.28. The van der Waals surface area contributed by atoms with Crippen molar-refractivity contribution < 1.29 is 9.21 Å². The highest BCUT2D eigenvalue weighted by molar-refractivity contribution is 5.95. The molecule has 24 heavy (non-hydrogen) atoms. The highest BCUT2D eigenvalue weighted by atomic mass is 16.3. The monoisotopic (exact) mass is 322 g/mol. The molecule has 2 aromatic heterocycles. The number of aryl methyl sites for hydroxylation is 2. The minimum absolute atomic E-state index is 0.0966. The van der Waals surface area contributed by atoms with Crippen LogP contribution in [0.25, 0.3) is 11.0 Å². The van der Waals surface area contributed by atoms with Gasteiger partial charge in [-0.1, -0.05) is 19.9 Å². The number of nitrogens with one attached hydrogen (secondary N) is 1. The van der Waals surface area contributed by atoms with Crippen LogP contribution in [0.4, 0.5) is 5.82 Å². The predicted octanol–water partition coefficient (Wildman–Crippen LogP) is 4.75. The third-order valence-electron chi connectivity index (χ3n) is 4.19. The second kappa shape index (κ2) is 6.48. The number of fused-ring (bicyclic) bond motifs is 1. The van der Waals surface area contributed by atoms with Gasteiger partial charge >= 0.3 is 0 Å². The van der Waals surface area contributed by atoms with Crippen LogP contribution in [0.3, 0.4) is 0 Å². The lowest BCUT2D eigenvalue weighted by Gasteiger charge is -2.10. The Bertz CT molecular complexity index is 877. The molecule has 0 fully saturated rings. The van der Waals surface area contributed by atoms with E-state index in [0.717, 1.165) is 22.1 Å². The van der Waals surface area contributed by atoms with Gasteiger partial charge in [0.25, 0.3) is 0 Å². The zero-order valence-electron chi connectivity index (χ0n) is 14.5. The highest BCUT2D eigenvalue weighted by Crippen LogP contribution is 2.29. The van der Waals surface area contributed by atoms with Crippen LogP contribution in [0.1, 0.15) is 42.0 Å². The highest BCUT2D eigenvalue weighted by Gasteiger charge is 2.14. The molecule has 1 amide bonds. The fraction of sp³-hybridized carbons (Fsp3) is 0.300. The molecule has 0 aliphatic rings. The molecule has 0 atom stereocenters. The molecule has 0 bridgehead atoms. The predicted molar refractivity (Wildman–Crippen MR) is 96.3 cm³/mol. The molecule has 0 unspecified atom stereocenters. The first kappa shape index (κ1) is 16.2. The number of benzene rings is 1. The van der Waals surface area contributed by atoms with Crippen molar-refractivity contribution in [1.82, 2.24) is 4.98 Å². The van der Waals surface area contributed by atoms with Gasteiger partial charge in [0.2, 0.25) is 5.91 Å². The van der Waals surface area contributed by atoms with Crippen LogP contribution in [0, 0.1) is 13.8 Å². The molecule has 1 N–H and O–H groups in total. The molecule has 0 aliphatic carbocycles. The van der Waals surface area contributed by atoms with Crippen LogP contribution in [-0.4, -0.2) is 10.9 Å². The average Bonchev–Trinajstić information content (AvgIpc) is 2.90. The Morgan fingerprint density at radius 2 is 2.04 bits per heavy atom. The van der Waals surface area contributed by atoms with Crippen LogP contribution in [-0.2, 0) is 11.2 Å². The van der Waals surface area contributed by atoms with Gasteiger partial charge in [0.05, 0.1) is 12.7 Å². The van der Waals surface area contributed by atoms with Gasteiger partial charge in [-0.25, -0.2) is 4.98 Å². The number of carbonyl (C=O) groups excluding carboxylic acids is 1. The lowest BCUT2D eigenvalue weighted by Crippen LogP contribution is -2.15. The summed E-state index contributed by atoms with van der Waals surface area (Å²) in [5, 5.41) is 3.84. The summed E-state index contributed by atoms with van der Waals surface area (Å²) in [5.74, 6) is 0.903. The Kier molecular flexibility index (Phi) is 4.38. The van der Waals surface area contributed by atoms with Crippen LogP contribution >= 0.6 is 0 Å². The van der Waals surface area contributed by atoms with E-state index >= 15 is 0 Å². The molecule has 0 saturated heterocycles. The van der Waals surface area contributed by atoms with Crippen molar-refractivity contribution in [1.29, 1.82) is 0 Å². The molecule has 0 saturated carbocycles. The smallest absolute Gasteiger partial charge is 0.230 e. The maximum Gasteiger partial charge on any atom is 0.230 e. The summed E-state index contributed by atoms with van der Waals surface area (Å²) in [6.45, 7) is 8.39. The molecular formula is C20H22N2O2. The van der Waals surface area contributed by atoms with Crippen molar-refractivity contribution in [2.45, 2.75) is 40.0 Å². The van der Waals surface area contributed by atoms with Crippen molar-refractivity contribution in [3.8, 4) is 0 Å². The summed E-state index contributed by atoms with van der Waals surface area (Å²) in [6.07, 6.45) is 3.68. The van der Waals surface area contributed by atoms with Crippen LogP contribution in [0.2, 0.25) is 0 Å². The second-order valence-corrected chi connectivity index (χ2v) is 6.57. The van der Waals surface area contributed by atoms with Gasteiger partial charge in [-0.05, 0) is 54.7 Å². The second-order valence-electron chi connectivity index (χ2n) is 6.57. The van der Waals surface area contributed by atoms with Gasteiger partial charge in [0.1, 0.15) is 11.4 Å². The molecule has 0 spiro atoms. The number of hydrogen-bond acceptors (Lipinski definition) is 3. The maximum atomic E-state index is 12.3. The first-order valence-electron chi connectivity index (χ1n) is 8.17. The quantitative estimate of drug-likeness (QED) is 0.754. The van der Waals surface area contributed by atoms with Crippen LogP contribution < -0.4 is 5.32 Å². The van der Waals surface area contributed by atoms with Gasteiger partial charge in [-0.3, -0.25) is 4.79 Å². The third-order valence-corrected chi connectivity index (χ3v) is 4.19. The van der Waals surface area contributed by atoms with E-state index in [1.807, 2.05) is 19.1 Å². The van der Waals surface area contributed by atoms with Gasteiger partial charge in [-0.15, -0.1) is 0 Å². The van der Waals surface area contributed by atoms with Gasteiger partial charge in [0, 0.05) is 17.1 Å². The van der Waals surface area contributed by atoms with E-state index < -0.39 is 0 Å². The zero-order chi connectivity index (χ0) is 17.3. The molecule has 0 aliphatic heterocycles. The summed E-state index contributed by atoms with van der Waals surface area (Å²) < 4.78 is 5.64. The molecule has 0 radical (unpaired) electrons. The molecule has 1 aromatic carbocycles. The van der Waals surface area contributed by atoms with Crippen molar-refractivity contribution in [2.75, 3.05) is 5.32 Å². The maximum absolute atomic E-state index is 12.3. The zero-order valence-corrected chi connectivity index (χ0v) is 14.5. The Morgan fingerprint density at radius 1 is 1.25 bits per heavy atom. The van der Waals surface area contributed by atoms with E-state index in [1.165, 1.54) is 11.1 Å². The van der Waals surface area contributed by atoms with Gasteiger partial charge in [-0.2, -0.15) is 0 Å². The lowest BCUT2D eigenvalue weighted by atomic mass is 9.95. The number of rotatable bonds is 4. The molecule has 4 nitrogen and oxygen atoms in total. The normalized spacial score (nSPS) is 11.2. The average molecular weight is 322 g/mol. The number of carbonyl (C=O) groups is 1.